The first-order valence-corrected chi connectivity index (χ1v) is 7.32. The number of Topliss-reactive ketones (excluding diaryl/α,β-unsaturated/α-hetero) is 1. The lowest BCUT2D eigenvalue weighted by Crippen LogP contribution is -1.99. The average Bonchev–Trinajstić information content (AvgIpc) is 2.36. The zero-order chi connectivity index (χ0) is 13.4. The van der Waals surface area contributed by atoms with Gasteiger partial charge in [0, 0.05) is 17.0 Å². The number of unbranched alkanes of at least 4 members (excludes halogenated alkanes) is 5. The first-order chi connectivity index (χ1) is 8.65. The number of halogens is 1. The third-order valence-corrected chi connectivity index (χ3v) is 3.66. The minimum atomic E-state index is 0.241. The third kappa shape index (κ3) is 5.22. The van der Waals surface area contributed by atoms with E-state index in [1.807, 2.05) is 25.1 Å². The van der Waals surface area contributed by atoms with Crippen LogP contribution in [0.3, 0.4) is 0 Å². The molecular weight excluding hydrogens is 244 g/mol. The second kappa shape index (κ2) is 8.31. The molecule has 0 aliphatic rings. The van der Waals surface area contributed by atoms with Gasteiger partial charge in [-0.2, -0.15) is 0 Å². The molecule has 0 spiro atoms. The van der Waals surface area contributed by atoms with Crippen molar-refractivity contribution in [2.24, 2.45) is 0 Å². The molecular formula is C16H23ClO. The van der Waals surface area contributed by atoms with Crippen LogP contribution in [0, 0.1) is 6.92 Å². The molecule has 0 saturated carbocycles. The van der Waals surface area contributed by atoms with E-state index in [9.17, 15) is 4.79 Å². The molecule has 0 fully saturated rings. The van der Waals surface area contributed by atoms with Gasteiger partial charge in [0.2, 0.25) is 0 Å². The molecule has 0 bridgehead atoms. The van der Waals surface area contributed by atoms with E-state index in [2.05, 4.69) is 6.92 Å². The van der Waals surface area contributed by atoms with Crippen LogP contribution in [0.5, 0.6) is 0 Å². The van der Waals surface area contributed by atoms with Crippen LogP contribution < -0.4 is 0 Å². The predicted molar refractivity (Wildman–Crippen MR) is 78.5 cm³/mol. The standard InChI is InChI=1S/C16H23ClO/c1-3-4-5-6-7-8-9-16(18)14-10-11-15(17)13(2)12-14/h10-12H,3-9H2,1-2H3. The van der Waals surface area contributed by atoms with Gasteiger partial charge in [-0.25, -0.2) is 0 Å². The summed E-state index contributed by atoms with van der Waals surface area (Å²) in [6.45, 7) is 4.15. The number of carbonyl (C=O) groups excluding carboxylic acids is 1. The van der Waals surface area contributed by atoms with Gasteiger partial charge in [-0.3, -0.25) is 4.79 Å². The minimum Gasteiger partial charge on any atom is -0.294 e. The molecule has 18 heavy (non-hydrogen) atoms. The minimum absolute atomic E-state index is 0.241. The van der Waals surface area contributed by atoms with Gasteiger partial charge in [-0.1, -0.05) is 50.6 Å². The average molecular weight is 267 g/mol. The largest absolute Gasteiger partial charge is 0.294 e. The Morgan fingerprint density at radius 1 is 1.11 bits per heavy atom. The summed E-state index contributed by atoms with van der Waals surface area (Å²) >= 11 is 5.95. The molecule has 0 amide bonds. The quantitative estimate of drug-likeness (QED) is 0.443. The van der Waals surface area contributed by atoms with Crippen LogP contribution in [0.25, 0.3) is 0 Å². The summed E-state index contributed by atoms with van der Waals surface area (Å²) in [5.74, 6) is 0.241. The van der Waals surface area contributed by atoms with Crippen molar-refractivity contribution in [3.8, 4) is 0 Å². The fourth-order valence-corrected chi connectivity index (χ4v) is 2.15. The summed E-state index contributed by atoms with van der Waals surface area (Å²) in [4.78, 5) is 12.0. The predicted octanol–water partition coefficient (Wildman–Crippen LogP) is 5.58. The molecule has 0 unspecified atom stereocenters. The van der Waals surface area contributed by atoms with Crippen LogP contribution in [-0.4, -0.2) is 5.78 Å². The Bertz CT molecular complexity index is 385. The van der Waals surface area contributed by atoms with Crippen LogP contribution in [-0.2, 0) is 0 Å². The molecule has 0 aliphatic heterocycles. The Kier molecular flexibility index (Phi) is 7.04. The van der Waals surface area contributed by atoms with E-state index in [1.54, 1.807) is 0 Å². The lowest BCUT2D eigenvalue weighted by Gasteiger charge is -2.04. The molecule has 1 aromatic rings. The fourth-order valence-electron chi connectivity index (χ4n) is 2.03. The van der Waals surface area contributed by atoms with Crippen LogP contribution in [0.15, 0.2) is 18.2 Å². The van der Waals surface area contributed by atoms with E-state index >= 15 is 0 Å². The van der Waals surface area contributed by atoms with Gasteiger partial charge in [-0.15, -0.1) is 0 Å². The highest BCUT2D eigenvalue weighted by Crippen LogP contribution is 2.18. The van der Waals surface area contributed by atoms with Crippen molar-refractivity contribution >= 4 is 17.4 Å². The van der Waals surface area contributed by atoms with Gasteiger partial charge in [-0.05, 0) is 37.1 Å². The van der Waals surface area contributed by atoms with Crippen molar-refractivity contribution in [3.63, 3.8) is 0 Å². The molecule has 1 rings (SSSR count). The van der Waals surface area contributed by atoms with Crippen molar-refractivity contribution in [1.29, 1.82) is 0 Å². The molecule has 0 N–H and O–H groups in total. The summed E-state index contributed by atoms with van der Waals surface area (Å²) < 4.78 is 0. The molecule has 0 heterocycles. The Morgan fingerprint density at radius 3 is 2.44 bits per heavy atom. The summed E-state index contributed by atoms with van der Waals surface area (Å²) in [6, 6.07) is 5.53. The highest BCUT2D eigenvalue weighted by atomic mass is 35.5. The molecule has 100 valence electrons. The molecule has 0 aliphatic carbocycles. The SMILES string of the molecule is CCCCCCCCC(=O)c1ccc(Cl)c(C)c1. The van der Waals surface area contributed by atoms with Gasteiger partial charge < -0.3 is 0 Å². The molecule has 1 nitrogen and oxygen atoms in total. The first kappa shape index (κ1) is 15.2. The molecule has 1 aromatic carbocycles. The number of hydrogen-bond acceptors (Lipinski definition) is 1. The second-order valence-corrected chi connectivity index (χ2v) is 5.31. The number of carbonyl (C=O) groups is 1. The summed E-state index contributed by atoms with van der Waals surface area (Å²) in [5, 5.41) is 0.728. The normalized spacial score (nSPS) is 10.6. The Hall–Kier alpha value is -0.820. The van der Waals surface area contributed by atoms with E-state index in [0.29, 0.717) is 6.42 Å². The number of ketones is 1. The summed E-state index contributed by atoms with van der Waals surface area (Å²) in [5.41, 5.74) is 1.77. The Morgan fingerprint density at radius 2 is 1.78 bits per heavy atom. The van der Waals surface area contributed by atoms with E-state index < -0.39 is 0 Å². The van der Waals surface area contributed by atoms with Crippen molar-refractivity contribution in [2.75, 3.05) is 0 Å². The number of rotatable bonds is 8. The molecule has 2 heteroatoms. The van der Waals surface area contributed by atoms with E-state index in [1.165, 1.54) is 25.7 Å². The molecule has 0 radical (unpaired) electrons. The monoisotopic (exact) mass is 266 g/mol. The van der Waals surface area contributed by atoms with E-state index in [0.717, 1.165) is 29.0 Å². The Balaban J connectivity index is 2.30. The zero-order valence-corrected chi connectivity index (χ0v) is 12.2. The smallest absolute Gasteiger partial charge is 0.162 e. The fraction of sp³-hybridized carbons (Fsp3) is 0.562. The number of benzene rings is 1. The second-order valence-electron chi connectivity index (χ2n) is 4.90. The zero-order valence-electron chi connectivity index (χ0n) is 11.5. The van der Waals surface area contributed by atoms with Crippen LogP contribution in [0.4, 0.5) is 0 Å². The lowest BCUT2D eigenvalue weighted by molar-refractivity contribution is 0.0979. The maximum Gasteiger partial charge on any atom is 0.162 e. The van der Waals surface area contributed by atoms with Crippen LogP contribution in [0.2, 0.25) is 5.02 Å². The highest BCUT2D eigenvalue weighted by Gasteiger charge is 2.06. The Labute approximate surface area is 116 Å². The van der Waals surface area contributed by atoms with Crippen LogP contribution in [0.1, 0.15) is 67.8 Å². The van der Waals surface area contributed by atoms with Crippen molar-refractivity contribution in [1.82, 2.24) is 0 Å². The maximum absolute atomic E-state index is 12.0. The van der Waals surface area contributed by atoms with Gasteiger partial charge in [0.05, 0.1) is 0 Å². The highest BCUT2D eigenvalue weighted by molar-refractivity contribution is 6.31. The van der Waals surface area contributed by atoms with Crippen LogP contribution >= 0.6 is 11.6 Å². The van der Waals surface area contributed by atoms with E-state index in [-0.39, 0.29) is 5.78 Å². The third-order valence-electron chi connectivity index (χ3n) is 3.24. The van der Waals surface area contributed by atoms with Crippen molar-refractivity contribution in [3.05, 3.63) is 34.3 Å². The molecule has 0 saturated heterocycles. The summed E-state index contributed by atoms with van der Waals surface area (Å²) in [7, 11) is 0. The molecule has 0 atom stereocenters. The van der Waals surface area contributed by atoms with Gasteiger partial charge in [0.1, 0.15) is 0 Å². The van der Waals surface area contributed by atoms with E-state index in [4.69, 9.17) is 11.6 Å². The van der Waals surface area contributed by atoms with Gasteiger partial charge in [0.15, 0.2) is 5.78 Å². The molecule has 0 aromatic heterocycles. The van der Waals surface area contributed by atoms with Gasteiger partial charge >= 0.3 is 0 Å². The van der Waals surface area contributed by atoms with Crippen molar-refractivity contribution in [2.45, 2.75) is 58.8 Å². The van der Waals surface area contributed by atoms with Gasteiger partial charge in [0.25, 0.3) is 0 Å². The first-order valence-electron chi connectivity index (χ1n) is 6.94. The van der Waals surface area contributed by atoms with Crippen molar-refractivity contribution < 1.29 is 4.79 Å². The number of hydrogen-bond donors (Lipinski definition) is 0. The number of aryl methyl sites for hydroxylation is 1. The maximum atomic E-state index is 12.0. The topological polar surface area (TPSA) is 17.1 Å². The summed E-state index contributed by atoms with van der Waals surface area (Å²) in [6.07, 6.45) is 7.95. The lowest BCUT2D eigenvalue weighted by atomic mass is 10.0.